The number of nitrogens with zero attached hydrogens (tertiary/aromatic N) is 5. The van der Waals surface area contributed by atoms with Gasteiger partial charge in [-0.25, -0.2) is 14.6 Å². The number of ether oxygens (including phenoxy) is 2. The second-order valence-electron chi connectivity index (χ2n) is 9.80. The summed E-state index contributed by atoms with van der Waals surface area (Å²) >= 11 is 0. The Labute approximate surface area is 195 Å². The Kier molecular flexibility index (Phi) is 5.83. The van der Waals surface area contributed by atoms with Crippen LogP contribution in [0.3, 0.4) is 0 Å². The summed E-state index contributed by atoms with van der Waals surface area (Å²) in [5, 5.41) is 4.78. The van der Waals surface area contributed by atoms with Gasteiger partial charge in [0.2, 0.25) is 0 Å². The molecule has 4 heterocycles. The lowest BCUT2D eigenvalue weighted by Crippen LogP contribution is -2.40. The van der Waals surface area contributed by atoms with E-state index < -0.39 is 0 Å². The molecule has 174 valence electrons. The Morgan fingerprint density at radius 1 is 1.18 bits per heavy atom. The summed E-state index contributed by atoms with van der Waals surface area (Å²) in [6.45, 7) is 7.31. The number of rotatable bonds is 5. The van der Waals surface area contributed by atoms with Gasteiger partial charge in [0.05, 0.1) is 36.5 Å². The highest BCUT2D eigenvalue weighted by Crippen LogP contribution is 2.39. The summed E-state index contributed by atoms with van der Waals surface area (Å²) < 4.78 is 16.2. The van der Waals surface area contributed by atoms with Gasteiger partial charge in [-0.1, -0.05) is 12.1 Å². The lowest BCUT2D eigenvalue weighted by Gasteiger charge is -2.40. The van der Waals surface area contributed by atoms with Crippen LogP contribution in [0, 0.1) is 6.92 Å². The van der Waals surface area contributed by atoms with Gasteiger partial charge >= 0.3 is 0 Å². The quantitative estimate of drug-likeness (QED) is 0.539. The standard InChI is InChI=1S/C26H33N5O2/c1-18-16-30(17-27-18)21-11-9-19(15-23(21)32-4)10-12-24-28-25-20(7-6-14-31(25)29-24)22-8-5-13-26(2,3)33-22/h9-12,15-17,20,22H,5-8,13-14H2,1-4H3/b12-10+/t20-,22-/m1/s1. The monoisotopic (exact) mass is 447 g/mol. The van der Waals surface area contributed by atoms with Gasteiger partial charge in [0, 0.05) is 18.7 Å². The van der Waals surface area contributed by atoms with E-state index in [1.54, 1.807) is 13.4 Å². The van der Waals surface area contributed by atoms with Crippen LogP contribution < -0.4 is 4.74 Å². The first-order chi connectivity index (χ1) is 15.9. The van der Waals surface area contributed by atoms with E-state index in [-0.39, 0.29) is 11.7 Å². The van der Waals surface area contributed by atoms with Crippen molar-refractivity contribution >= 4 is 12.2 Å². The molecule has 0 amide bonds. The van der Waals surface area contributed by atoms with Crippen molar-refractivity contribution in [3.63, 3.8) is 0 Å². The van der Waals surface area contributed by atoms with Gasteiger partial charge in [0.25, 0.3) is 0 Å². The summed E-state index contributed by atoms with van der Waals surface area (Å²) in [5.74, 6) is 2.95. The van der Waals surface area contributed by atoms with Gasteiger partial charge in [-0.2, -0.15) is 5.10 Å². The maximum atomic E-state index is 6.46. The Morgan fingerprint density at radius 3 is 2.82 bits per heavy atom. The van der Waals surface area contributed by atoms with E-state index in [2.05, 4.69) is 29.6 Å². The fraction of sp³-hybridized carbons (Fsp3) is 0.500. The van der Waals surface area contributed by atoms with Gasteiger partial charge in [-0.05, 0) is 76.6 Å². The maximum absolute atomic E-state index is 6.46. The third kappa shape index (κ3) is 4.60. The van der Waals surface area contributed by atoms with Crippen molar-refractivity contribution in [3.05, 3.63) is 53.6 Å². The predicted octanol–water partition coefficient (Wildman–Crippen LogP) is 5.18. The normalized spacial score (nSPS) is 22.4. The van der Waals surface area contributed by atoms with E-state index in [9.17, 15) is 0 Å². The summed E-state index contributed by atoms with van der Waals surface area (Å²) in [7, 11) is 1.69. The second kappa shape index (κ2) is 8.78. The number of fused-ring (bicyclic) bond motifs is 1. The minimum atomic E-state index is -0.0470. The summed E-state index contributed by atoms with van der Waals surface area (Å²) in [4.78, 5) is 9.23. The maximum Gasteiger partial charge on any atom is 0.174 e. The molecule has 2 aliphatic heterocycles. The fourth-order valence-corrected chi connectivity index (χ4v) is 5.10. The first kappa shape index (κ1) is 21.9. The summed E-state index contributed by atoms with van der Waals surface area (Å²) in [6, 6.07) is 6.14. The molecule has 5 rings (SSSR count). The zero-order valence-corrected chi connectivity index (χ0v) is 20.0. The molecule has 0 N–H and O–H groups in total. The average molecular weight is 448 g/mol. The minimum absolute atomic E-state index is 0.0470. The van der Waals surface area contributed by atoms with Crippen molar-refractivity contribution in [1.29, 1.82) is 0 Å². The molecule has 0 saturated carbocycles. The predicted molar refractivity (Wildman–Crippen MR) is 129 cm³/mol. The van der Waals surface area contributed by atoms with Crippen molar-refractivity contribution in [2.24, 2.45) is 0 Å². The van der Waals surface area contributed by atoms with Crippen molar-refractivity contribution in [3.8, 4) is 11.4 Å². The van der Waals surface area contributed by atoms with Crippen LogP contribution in [-0.4, -0.2) is 43.1 Å². The van der Waals surface area contributed by atoms with Crippen molar-refractivity contribution in [2.75, 3.05) is 7.11 Å². The van der Waals surface area contributed by atoms with Crippen LogP contribution in [0.25, 0.3) is 17.8 Å². The molecule has 0 bridgehead atoms. The Hall–Kier alpha value is -2.93. The molecule has 0 aliphatic carbocycles. The van der Waals surface area contributed by atoms with Crippen LogP contribution in [0.15, 0.2) is 30.7 Å². The van der Waals surface area contributed by atoms with Gasteiger partial charge in [0.1, 0.15) is 11.6 Å². The highest BCUT2D eigenvalue weighted by atomic mass is 16.5. The molecule has 1 saturated heterocycles. The summed E-state index contributed by atoms with van der Waals surface area (Å²) in [6.07, 6.45) is 13.7. The van der Waals surface area contributed by atoms with Crippen molar-refractivity contribution in [2.45, 2.75) is 77.0 Å². The molecule has 7 nitrogen and oxygen atoms in total. The minimum Gasteiger partial charge on any atom is -0.495 e. The molecule has 1 fully saturated rings. The SMILES string of the molecule is COc1cc(/C=C/c2nc3n(n2)CCC[C@@H]3[C@H]2CCCC(C)(C)O2)ccc1-n1cnc(C)c1. The number of hydrogen-bond acceptors (Lipinski definition) is 5. The third-order valence-corrected chi connectivity index (χ3v) is 6.74. The van der Waals surface area contributed by atoms with Crippen LogP contribution in [-0.2, 0) is 11.3 Å². The number of aryl methyl sites for hydroxylation is 2. The second-order valence-corrected chi connectivity index (χ2v) is 9.80. The summed E-state index contributed by atoms with van der Waals surface area (Å²) in [5.41, 5.74) is 2.92. The Morgan fingerprint density at radius 2 is 2.06 bits per heavy atom. The van der Waals surface area contributed by atoms with Crippen molar-refractivity contribution in [1.82, 2.24) is 24.3 Å². The van der Waals surface area contributed by atoms with Gasteiger partial charge in [-0.3, -0.25) is 0 Å². The molecule has 0 unspecified atom stereocenters. The van der Waals surface area contributed by atoms with E-state index in [0.29, 0.717) is 5.92 Å². The molecular formula is C26H33N5O2. The first-order valence-corrected chi connectivity index (χ1v) is 11.9. The number of methoxy groups -OCH3 is 1. The molecule has 2 atom stereocenters. The molecule has 2 aliphatic rings. The lowest BCUT2D eigenvalue weighted by atomic mass is 9.85. The number of hydrogen-bond donors (Lipinski definition) is 0. The van der Waals surface area contributed by atoms with Gasteiger partial charge in [-0.15, -0.1) is 0 Å². The first-order valence-electron chi connectivity index (χ1n) is 11.9. The molecule has 2 aromatic heterocycles. The zero-order valence-electron chi connectivity index (χ0n) is 20.0. The number of aromatic nitrogens is 5. The van der Waals surface area contributed by atoms with E-state index in [1.807, 2.05) is 42.0 Å². The molecule has 1 aromatic carbocycles. The number of imidazole rings is 1. The van der Waals surface area contributed by atoms with Gasteiger partial charge in [0.15, 0.2) is 5.82 Å². The molecule has 33 heavy (non-hydrogen) atoms. The number of benzene rings is 1. The largest absolute Gasteiger partial charge is 0.495 e. The highest BCUT2D eigenvalue weighted by Gasteiger charge is 2.37. The fourth-order valence-electron chi connectivity index (χ4n) is 5.10. The van der Waals surface area contributed by atoms with Crippen LogP contribution >= 0.6 is 0 Å². The third-order valence-electron chi connectivity index (χ3n) is 6.74. The van der Waals surface area contributed by atoms with Crippen LogP contribution in [0.5, 0.6) is 5.75 Å². The Balaban J connectivity index is 1.36. The van der Waals surface area contributed by atoms with Crippen LogP contribution in [0.1, 0.15) is 74.8 Å². The zero-order chi connectivity index (χ0) is 23.0. The van der Waals surface area contributed by atoms with E-state index in [1.165, 1.54) is 6.42 Å². The molecule has 3 aromatic rings. The van der Waals surface area contributed by atoms with E-state index in [4.69, 9.17) is 19.6 Å². The smallest absolute Gasteiger partial charge is 0.174 e. The highest BCUT2D eigenvalue weighted by molar-refractivity contribution is 5.69. The van der Waals surface area contributed by atoms with Gasteiger partial charge < -0.3 is 14.0 Å². The van der Waals surface area contributed by atoms with E-state index >= 15 is 0 Å². The topological polar surface area (TPSA) is 67.0 Å². The Bertz CT molecular complexity index is 1160. The lowest BCUT2D eigenvalue weighted by molar-refractivity contribution is -0.119. The average Bonchev–Trinajstić information content (AvgIpc) is 3.42. The molecular weight excluding hydrogens is 414 g/mol. The van der Waals surface area contributed by atoms with Crippen LogP contribution in [0.2, 0.25) is 0 Å². The molecule has 0 radical (unpaired) electrons. The molecule has 7 heteroatoms. The van der Waals surface area contributed by atoms with E-state index in [0.717, 1.165) is 66.6 Å². The molecule has 0 spiro atoms. The van der Waals surface area contributed by atoms with Crippen LogP contribution in [0.4, 0.5) is 0 Å². The van der Waals surface area contributed by atoms with Crippen molar-refractivity contribution < 1.29 is 9.47 Å².